The zero-order valence-electron chi connectivity index (χ0n) is 10.4. The lowest BCUT2D eigenvalue weighted by atomic mass is 10.1. The molecule has 6 heteroatoms. The second-order valence-corrected chi connectivity index (χ2v) is 4.76. The number of Topliss-reactive ketones (excluding diaryl/α,β-unsaturated/α-hetero) is 1. The Morgan fingerprint density at radius 2 is 2.17 bits per heavy atom. The van der Waals surface area contributed by atoms with Crippen LogP contribution in [0.4, 0.5) is 0 Å². The van der Waals surface area contributed by atoms with Gasteiger partial charge in [0.15, 0.2) is 5.78 Å². The summed E-state index contributed by atoms with van der Waals surface area (Å²) in [7, 11) is 0. The highest BCUT2D eigenvalue weighted by molar-refractivity contribution is 7.99. The number of aromatic nitrogens is 4. The second-order valence-electron chi connectivity index (χ2n) is 3.81. The number of fused-ring (bicyclic) bond motifs is 1. The highest BCUT2D eigenvalue weighted by atomic mass is 32.2. The zero-order valence-corrected chi connectivity index (χ0v) is 11.2. The average molecular weight is 260 g/mol. The van der Waals surface area contributed by atoms with Gasteiger partial charge in [0.1, 0.15) is 0 Å². The summed E-state index contributed by atoms with van der Waals surface area (Å²) in [4.78, 5) is 20.1. The number of terminal acetylenes is 1. The van der Waals surface area contributed by atoms with Gasteiger partial charge in [0, 0.05) is 0 Å². The summed E-state index contributed by atoms with van der Waals surface area (Å²) in [6, 6.07) is 0. The molecule has 2 heterocycles. The Morgan fingerprint density at radius 1 is 1.44 bits per heavy atom. The predicted molar refractivity (Wildman–Crippen MR) is 69.8 cm³/mol. The van der Waals surface area contributed by atoms with E-state index in [-0.39, 0.29) is 5.78 Å². The van der Waals surface area contributed by atoms with E-state index in [1.54, 1.807) is 11.4 Å². The van der Waals surface area contributed by atoms with Crippen LogP contribution in [0.1, 0.15) is 28.7 Å². The van der Waals surface area contributed by atoms with Crippen LogP contribution in [0.15, 0.2) is 5.16 Å². The summed E-state index contributed by atoms with van der Waals surface area (Å²) in [5.74, 6) is 3.50. The van der Waals surface area contributed by atoms with Crippen molar-refractivity contribution in [2.45, 2.75) is 25.9 Å². The third-order valence-electron chi connectivity index (χ3n) is 2.52. The maximum atomic E-state index is 11.6. The van der Waals surface area contributed by atoms with Crippen molar-refractivity contribution in [3.63, 3.8) is 0 Å². The van der Waals surface area contributed by atoms with Gasteiger partial charge in [-0.15, -0.1) is 11.5 Å². The monoisotopic (exact) mass is 260 g/mol. The van der Waals surface area contributed by atoms with E-state index >= 15 is 0 Å². The number of carbonyl (C=O) groups excluding carboxylic acids is 1. The molecule has 0 aromatic carbocycles. The molecule has 0 aliphatic carbocycles. The van der Waals surface area contributed by atoms with Crippen LogP contribution in [-0.2, 0) is 0 Å². The smallest absolute Gasteiger partial charge is 0.253 e. The minimum absolute atomic E-state index is 0.0206. The molecule has 0 unspecified atom stereocenters. The number of aryl methyl sites for hydroxylation is 2. The Bertz CT molecular complexity index is 669. The molecule has 2 rings (SSSR count). The molecular weight excluding hydrogens is 248 g/mol. The Hall–Kier alpha value is -1.87. The van der Waals surface area contributed by atoms with E-state index in [0.29, 0.717) is 27.9 Å². The van der Waals surface area contributed by atoms with E-state index in [1.165, 1.54) is 18.7 Å². The molecule has 0 saturated heterocycles. The van der Waals surface area contributed by atoms with Gasteiger partial charge in [-0.25, -0.2) is 4.98 Å². The van der Waals surface area contributed by atoms with Gasteiger partial charge >= 0.3 is 0 Å². The van der Waals surface area contributed by atoms with E-state index < -0.39 is 0 Å². The third-order valence-corrected chi connectivity index (χ3v) is 3.26. The van der Waals surface area contributed by atoms with Crippen LogP contribution in [0, 0.1) is 26.2 Å². The molecule has 92 valence electrons. The quantitative estimate of drug-likeness (QED) is 0.477. The normalized spacial score (nSPS) is 10.6. The van der Waals surface area contributed by atoms with Gasteiger partial charge in [-0.3, -0.25) is 4.79 Å². The van der Waals surface area contributed by atoms with Crippen molar-refractivity contribution in [1.29, 1.82) is 0 Å². The van der Waals surface area contributed by atoms with Crippen LogP contribution < -0.4 is 0 Å². The van der Waals surface area contributed by atoms with E-state index in [9.17, 15) is 4.79 Å². The van der Waals surface area contributed by atoms with Gasteiger partial charge < -0.3 is 0 Å². The molecule has 0 N–H and O–H groups in total. The summed E-state index contributed by atoms with van der Waals surface area (Å²) >= 11 is 1.37. The molecule has 0 radical (unpaired) electrons. The van der Waals surface area contributed by atoms with E-state index in [2.05, 4.69) is 21.0 Å². The van der Waals surface area contributed by atoms with Gasteiger partial charge in [0.25, 0.3) is 5.78 Å². The lowest BCUT2D eigenvalue weighted by Gasteiger charge is -2.06. The van der Waals surface area contributed by atoms with Gasteiger partial charge in [-0.1, -0.05) is 17.7 Å². The fourth-order valence-electron chi connectivity index (χ4n) is 1.83. The summed E-state index contributed by atoms with van der Waals surface area (Å²) < 4.78 is 1.59. The third kappa shape index (κ3) is 2.09. The van der Waals surface area contributed by atoms with Crippen LogP contribution in [0.2, 0.25) is 0 Å². The van der Waals surface area contributed by atoms with E-state index in [1.807, 2.05) is 6.92 Å². The Kier molecular flexibility index (Phi) is 3.34. The minimum atomic E-state index is -0.0206. The largest absolute Gasteiger partial charge is 0.294 e. The molecule has 0 saturated carbocycles. The van der Waals surface area contributed by atoms with Crippen LogP contribution in [0.3, 0.4) is 0 Å². The van der Waals surface area contributed by atoms with Crippen molar-refractivity contribution in [3.8, 4) is 12.3 Å². The minimum Gasteiger partial charge on any atom is -0.294 e. The number of rotatable bonds is 3. The molecule has 5 nitrogen and oxygen atoms in total. The van der Waals surface area contributed by atoms with Crippen molar-refractivity contribution < 1.29 is 4.79 Å². The number of hydrogen-bond acceptors (Lipinski definition) is 5. The van der Waals surface area contributed by atoms with Crippen LogP contribution in [0.5, 0.6) is 0 Å². The lowest BCUT2D eigenvalue weighted by molar-refractivity contribution is 0.101. The topological polar surface area (TPSA) is 60.2 Å². The second kappa shape index (κ2) is 4.78. The van der Waals surface area contributed by atoms with Crippen molar-refractivity contribution >= 4 is 23.3 Å². The molecule has 2 aromatic rings. The van der Waals surface area contributed by atoms with Crippen LogP contribution in [0.25, 0.3) is 5.78 Å². The van der Waals surface area contributed by atoms with E-state index in [0.717, 1.165) is 5.69 Å². The van der Waals surface area contributed by atoms with E-state index in [4.69, 9.17) is 6.42 Å². The van der Waals surface area contributed by atoms with Crippen molar-refractivity contribution in [2.75, 3.05) is 5.75 Å². The summed E-state index contributed by atoms with van der Waals surface area (Å²) in [5, 5.41) is 4.87. The number of thioether (sulfide) groups is 1. The van der Waals surface area contributed by atoms with Gasteiger partial charge in [-0.2, -0.15) is 9.50 Å². The maximum absolute atomic E-state index is 11.6. The van der Waals surface area contributed by atoms with Gasteiger partial charge in [-0.05, 0) is 20.8 Å². The highest BCUT2D eigenvalue weighted by Gasteiger charge is 2.16. The first-order valence-corrected chi connectivity index (χ1v) is 6.34. The Balaban J connectivity index is 2.60. The summed E-state index contributed by atoms with van der Waals surface area (Å²) in [6.07, 6.45) is 5.19. The Labute approximate surface area is 109 Å². The molecule has 0 spiro atoms. The van der Waals surface area contributed by atoms with Crippen molar-refractivity contribution in [2.24, 2.45) is 0 Å². The van der Waals surface area contributed by atoms with Crippen LogP contribution >= 0.6 is 11.8 Å². The molecule has 2 aromatic heterocycles. The van der Waals surface area contributed by atoms with Crippen molar-refractivity contribution in [3.05, 3.63) is 17.0 Å². The van der Waals surface area contributed by atoms with Crippen molar-refractivity contribution in [1.82, 2.24) is 19.6 Å². The van der Waals surface area contributed by atoms with Crippen LogP contribution in [-0.4, -0.2) is 31.1 Å². The zero-order chi connectivity index (χ0) is 13.3. The molecule has 0 amide bonds. The molecular formula is C12H12N4OS. The number of hydrogen-bond donors (Lipinski definition) is 0. The molecule has 0 fully saturated rings. The highest BCUT2D eigenvalue weighted by Crippen LogP contribution is 2.18. The number of ketones is 1. The molecule has 0 aliphatic rings. The Morgan fingerprint density at radius 3 is 2.78 bits per heavy atom. The van der Waals surface area contributed by atoms with Gasteiger partial charge in [0.05, 0.1) is 22.7 Å². The molecule has 18 heavy (non-hydrogen) atoms. The number of carbonyl (C=O) groups is 1. The first-order valence-electron chi connectivity index (χ1n) is 5.35. The predicted octanol–water partition coefficient (Wildman–Crippen LogP) is 1.67. The first kappa shape index (κ1) is 12.6. The SMILES string of the molecule is C#CCSc1nc2nc(C)c(C(C)=O)c(C)n2n1. The fourth-order valence-corrected chi connectivity index (χ4v) is 2.33. The fraction of sp³-hybridized carbons (Fsp3) is 0.333. The molecule has 0 aliphatic heterocycles. The number of nitrogens with zero attached hydrogens (tertiary/aromatic N) is 4. The molecule has 0 bridgehead atoms. The summed E-state index contributed by atoms with van der Waals surface area (Å²) in [5.41, 5.74) is 2.03. The van der Waals surface area contributed by atoms with Gasteiger partial charge in [0.2, 0.25) is 5.16 Å². The standard InChI is InChI=1S/C12H12N4OS/c1-5-6-18-12-14-11-13-7(2)10(9(4)17)8(3)16(11)15-12/h1H,6H2,2-4H3. The molecule has 0 atom stereocenters. The summed E-state index contributed by atoms with van der Waals surface area (Å²) in [6.45, 7) is 5.16. The maximum Gasteiger partial charge on any atom is 0.253 e. The lowest BCUT2D eigenvalue weighted by Crippen LogP contribution is -2.09. The first-order chi connectivity index (χ1) is 8.54. The average Bonchev–Trinajstić information content (AvgIpc) is 2.69.